The maximum Gasteiger partial charge on any atom is 0.119 e. The van der Waals surface area contributed by atoms with Crippen molar-refractivity contribution in [3.8, 4) is 5.75 Å². The third kappa shape index (κ3) is 6.22. The smallest absolute Gasteiger partial charge is 0.119 e. The van der Waals surface area contributed by atoms with Gasteiger partial charge in [-0.3, -0.25) is 0 Å². The van der Waals surface area contributed by atoms with Gasteiger partial charge in [-0.25, -0.2) is 0 Å². The van der Waals surface area contributed by atoms with Gasteiger partial charge in [0.1, 0.15) is 12.4 Å². The third-order valence-corrected chi connectivity index (χ3v) is 4.97. The SMILES string of the molecule is CC(C)OCCOc1ccc(/C(=C(/CCCl)c2ccccc2)c2ccccc2)cc1. The van der Waals surface area contributed by atoms with E-state index in [1.807, 2.05) is 38.1 Å². The highest BCUT2D eigenvalue weighted by molar-refractivity contribution is 6.18. The van der Waals surface area contributed by atoms with Gasteiger partial charge in [0.2, 0.25) is 0 Å². The minimum atomic E-state index is 0.216. The van der Waals surface area contributed by atoms with E-state index in [1.165, 1.54) is 22.3 Å². The summed E-state index contributed by atoms with van der Waals surface area (Å²) in [5.74, 6) is 1.41. The second-order valence-corrected chi connectivity index (χ2v) is 7.69. The van der Waals surface area contributed by atoms with Crippen molar-refractivity contribution in [1.29, 1.82) is 0 Å². The number of alkyl halides is 1. The van der Waals surface area contributed by atoms with Crippen LogP contribution in [-0.4, -0.2) is 25.2 Å². The molecule has 3 aromatic rings. The van der Waals surface area contributed by atoms with Gasteiger partial charge in [0, 0.05) is 5.88 Å². The van der Waals surface area contributed by atoms with E-state index in [-0.39, 0.29) is 6.10 Å². The average Bonchev–Trinajstić information content (AvgIpc) is 2.78. The van der Waals surface area contributed by atoms with Crippen LogP contribution in [0.25, 0.3) is 11.1 Å². The second-order valence-electron chi connectivity index (χ2n) is 7.32. The van der Waals surface area contributed by atoms with Gasteiger partial charge in [0.15, 0.2) is 0 Å². The summed E-state index contributed by atoms with van der Waals surface area (Å²) in [5.41, 5.74) is 5.98. The number of rotatable bonds is 10. The van der Waals surface area contributed by atoms with Gasteiger partial charge in [-0.1, -0.05) is 72.8 Å². The highest BCUT2D eigenvalue weighted by Crippen LogP contribution is 2.35. The van der Waals surface area contributed by atoms with Crippen LogP contribution in [0.15, 0.2) is 84.9 Å². The fourth-order valence-electron chi connectivity index (χ4n) is 3.43. The van der Waals surface area contributed by atoms with Crippen LogP contribution in [0.4, 0.5) is 0 Å². The summed E-state index contributed by atoms with van der Waals surface area (Å²) in [4.78, 5) is 0. The largest absolute Gasteiger partial charge is 0.491 e. The molecular formula is C27H29ClO2. The van der Waals surface area contributed by atoms with Gasteiger partial charge < -0.3 is 9.47 Å². The Labute approximate surface area is 185 Å². The second kappa shape index (κ2) is 11.6. The quantitative estimate of drug-likeness (QED) is 0.198. The van der Waals surface area contributed by atoms with Crippen LogP contribution < -0.4 is 4.74 Å². The molecule has 0 aliphatic carbocycles. The van der Waals surface area contributed by atoms with Gasteiger partial charge in [-0.15, -0.1) is 11.6 Å². The molecule has 0 bridgehead atoms. The lowest BCUT2D eigenvalue weighted by molar-refractivity contribution is 0.0553. The van der Waals surface area contributed by atoms with E-state index in [0.29, 0.717) is 19.1 Å². The van der Waals surface area contributed by atoms with Crippen molar-refractivity contribution in [2.45, 2.75) is 26.4 Å². The lowest BCUT2D eigenvalue weighted by Gasteiger charge is -2.17. The number of halogens is 1. The van der Waals surface area contributed by atoms with Crippen molar-refractivity contribution in [2.75, 3.05) is 19.1 Å². The molecule has 2 nitrogen and oxygen atoms in total. The molecule has 0 aliphatic rings. The normalized spacial score (nSPS) is 12.0. The molecule has 0 saturated heterocycles. The van der Waals surface area contributed by atoms with E-state index in [9.17, 15) is 0 Å². The van der Waals surface area contributed by atoms with Crippen LogP contribution in [0.1, 0.15) is 37.0 Å². The molecule has 3 heteroatoms. The summed E-state index contributed by atoms with van der Waals surface area (Å²) in [5, 5.41) is 0. The molecule has 0 fully saturated rings. The van der Waals surface area contributed by atoms with E-state index in [2.05, 4.69) is 60.7 Å². The Kier molecular flexibility index (Phi) is 8.55. The third-order valence-electron chi connectivity index (χ3n) is 4.78. The van der Waals surface area contributed by atoms with Crippen LogP contribution in [0.5, 0.6) is 5.75 Å². The van der Waals surface area contributed by atoms with Crippen LogP contribution >= 0.6 is 11.6 Å². The van der Waals surface area contributed by atoms with Crippen LogP contribution in [0.2, 0.25) is 0 Å². The maximum atomic E-state index is 6.22. The Bertz CT molecular complexity index is 916. The summed E-state index contributed by atoms with van der Waals surface area (Å²) in [6, 6.07) is 29.3. The molecule has 0 unspecified atom stereocenters. The zero-order chi connectivity index (χ0) is 21.2. The molecule has 0 radical (unpaired) electrons. The summed E-state index contributed by atoms with van der Waals surface area (Å²) < 4.78 is 11.4. The van der Waals surface area contributed by atoms with Crippen molar-refractivity contribution < 1.29 is 9.47 Å². The first-order chi connectivity index (χ1) is 14.7. The minimum absolute atomic E-state index is 0.216. The number of ether oxygens (including phenoxy) is 2. The number of allylic oxidation sites excluding steroid dienone is 1. The van der Waals surface area contributed by atoms with Crippen LogP contribution in [0.3, 0.4) is 0 Å². The van der Waals surface area contributed by atoms with Crippen molar-refractivity contribution in [3.05, 3.63) is 102 Å². The van der Waals surface area contributed by atoms with Gasteiger partial charge in [0.25, 0.3) is 0 Å². The Balaban J connectivity index is 1.95. The van der Waals surface area contributed by atoms with Gasteiger partial charge in [0.05, 0.1) is 12.7 Å². The molecule has 0 heterocycles. The first kappa shape index (κ1) is 22.1. The number of benzene rings is 3. The molecule has 0 aliphatic heterocycles. The highest BCUT2D eigenvalue weighted by Gasteiger charge is 2.14. The topological polar surface area (TPSA) is 18.5 Å². The number of hydrogen-bond acceptors (Lipinski definition) is 2. The molecule has 0 saturated carbocycles. The molecule has 0 N–H and O–H groups in total. The molecule has 156 valence electrons. The Morgan fingerprint density at radius 3 is 1.87 bits per heavy atom. The number of hydrogen-bond donors (Lipinski definition) is 0. The molecule has 3 aromatic carbocycles. The fraction of sp³-hybridized carbons (Fsp3) is 0.259. The lowest BCUT2D eigenvalue weighted by Crippen LogP contribution is -2.11. The zero-order valence-electron chi connectivity index (χ0n) is 17.7. The van der Waals surface area contributed by atoms with E-state index < -0.39 is 0 Å². The summed E-state index contributed by atoms with van der Waals surface area (Å²) >= 11 is 6.22. The van der Waals surface area contributed by atoms with E-state index in [1.54, 1.807) is 0 Å². The van der Waals surface area contributed by atoms with E-state index in [4.69, 9.17) is 21.1 Å². The molecule has 3 rings (SSSR count). The highest BCUT2D eigenvalue weighted by atomic mass is 35.5. The lowest BCUT2D eigenvalue weighted by atomic mass is 9.88. The first-order valence-electron chi connectivity index (χ1n) is 10.4. The van der Waals surface area contributed by atoms with Gasteiger partial charge in [-0.2, -0.15) is 0 Å². The molecule has 0 aromatic heterocycles. The minimum Gasteiger partial charge on any atom is -0.491 e. The Morgan fingerprint density at radius 2 is 1.30 bits per heavy atom. The van der Waals surface area contributed by atoms with E-state index in [0.717, 1.165) is 17.7 Å². The van der Waals surface area contributed by atoms with Gasteiger partial charge in [-0.05, 0) is 60.2 Å². The van der Waals surface area contributed by atoms with Crippen molar-refractivity contribution in [3.63, 3.8) is 0 Å². The predicted octanol–water partition coefficient (Wildman–Crippen LogP) is 7.08. The molecule has 0 atom stereocenters. The Hall–Kier alpha value is -2.55. The monoisotopic (exact) mass is 420 g/mol. The summed E-state index contributed by atoms with van der Waals surface area (Å²) in [6.45, 7) is 5.18. The molecule has 0 amide bonds. The van der Waals surface area contributed by atoms with Crippen molar-refractivity contribution in [1.82, 2.24) is 0 Å². The molecule has 0 spiro atoms. The average molecular weight is 421 g/mol. The first-order valence-corrected chi connectivity index (χ1v) is 11.0. The fourth-order valence-corrected chi connectivity index (χ4v) is 3.62. The van der Waals surface area contributed by atoms with E-state index >= 15 is 0 Å². The van der Waals surface area contributed by atoms with Crippen LogP contribution in [-0.2, 0) is 4.74 Å². The zero-order valence-corrected chi connectivity index (χ0v) is 18.4. The van der Waals surface area contributed by atoms with Crippen LogP contribution in [0, 0.1) is 0 Å². The Morgan fingerprint density at radius 1 is 0.733 bits per heavy atom. The summed E-state index contributed by atoms with van der Waals surface area (Å²) in [7, 11) is 0. The van der Waals surface area contributed by atoms with Crippen molar-refractivity contribution >= 4 is 22.7 Å². The molecule has 30 heavy (non-hydrogen) atoms. The summed E-state index contributed by atoms with van der Waals surface area (Å²) in [6.07, 6.45) is 1.01. The maximum absolute atomic E-state index is 6.22. The standard InChI is InChI=1S/C27H29ClO2/c1-21(2)29-19-20-30-25-15-13-24(14-16-25)27(23-11-7-4-8-12-23)26(17-18-28)22-9-5-3-6-10-22/h3-16,21H,17-20H2,1-2H3/b27-26-. The van der Waals surface area contributed by atoms with Crippen molar-refractivity contribution in [2.24, 2.45) is 0 Å². The van der Waals surface area contributed by atoms with Gasteiger partial charge >= 0.3 is 0 Å². The molecular weight excluding hydrogens is 392 g/mol. The predicted molar refractivity (Wildman–Crippen MR) is 127 cm³/mol.